The van der Waals surface area contributed by atoms with Gasteiger partial charge in [0.15, 0.2) is 0 Å². The Bertz CT molecular complexity index is 53.2. The van der Waals surface area contributed by atoms with Gasteiger partial charge in [-0.15, -0.1) is 0 Å². The summed E-state index contributed by atoms with van der Waals surface area (Å²) in [6.07, 6.45) is 5.93. The van der Waals surface area contributed by atoms with Crippen LogP contribution in [0.3, 0.4) is 0 Å². The van der Waals surface area contributed by atoms with Gasteiger partial charge in [0.25, 0.3) is 0 Å². The van der Waals surface area contributed by atoms with E-state index >= 15 is 0 Å². The molecule has 0 aliphatic rings. The average Bonchev–Trinajstić information content (AvgIpc) is 1.80. The van der Waals surface area contributed by atoms with Crippen LogP contribution in [0.2, 0.25) is 0 Å². The van der Waals surface area contributed by atoms with Crippen LogP contribution in [-0.2, 0) is 0 Å². The van der Waals surface area contributed by atoms with Crippen molar-refractivity contribution in [1.82, 2.24) is 0 Å². The van der Waals surface area contributed by atoms with E-state index in [2.05, 4.69) is 6.92 Å². The molecule has 0 fully saturated rings. The van der Waals surface area contributed by atoms with Crippen LogP contribution in [0.15, 0.2) is 0 Å². The zero-order valence-electron chi connectivity index (χ0n) is 7.06. The minimum atomic E-state index is -0.0955. The molecule has 0 bridgehead atoms. The molecule has 0 heterocycles. The molecule has 0 aliphatic carbocycles. The molecule has 3 N–H and O–H groups in total. The predicted molar refractivity (Wildman–Crippen MR) is 44.1 cm³/mol. The Labute approximate surface area is 63.6 Å². The molecule has 0 amide bonds. The van der Waals surface area contributed by atoms with Gasteiger partial charge in [0, 0.05) is 0 Å². The van der Waals surface area contributed by atoms with E-state index in [1.165, 1.54) is 25.7 Å². The fraction of sp³-hybridized carbons (Fsp3) is 1.00. The lowest BCUT2D eigenvalue weighted by Crippen LogP contribution is -1.97. The molecule has 0 aromatic rings. The lowest BCUT2D eigenvalue weighted by atomic mass is 10.1. The van der Waals surface area contributed by atoms with Crippen LogP contribution >= 0.6 is 0 Å². The van der Waals surface area contributed by atoms with Crippen molar-refractivity contribution in [2.24, 2.45) is 0 Å². The number of hydrogen-bond donors (Lipinski definition) is 1. The second kappa shape index (κ2) is 8.92. The third-order valence-corrected chi connectivity index (χ3v) is 1.48. The van der Waals surface area contributed by atoms with Crippen molar-refractivity contribution < 1.29 is 10.6 Å². The molecule has 2 nitrogen and oxygen atoms in total. The average molecular weight is 148 g/mol. The smallest absolute Gasteiger partial charge is 0.0512 e. The SMILES string of the molecule is CCCCCCC(C)O.O. The molecule has 0 rings (SSSR count). The van der Waals surface area contributed by atoms with Crippen molar-refractivity contribution in [2.75, 3.05) is 0 Å². The van der Waals surface area contributed by atoms with Gasteiger partial charge in [-0.1, -0.05) is 32.6 Å². The van der Waals surface area contributed by atoms with E-state index in [4.69, 9.17) is 5.11 Å². The van der Waals surface area contributed by atoms with Gasteiger partial charge in [0.2, 0.25) is 0 Å². The van der Waals surface area contributed by atoms with E-state index < -0.39 is 0 Å². The molecule has 0 aromatic heterocycles. The molecule has 0 aromatic carbocycles. The van der Waals surface area contributed by atoms with E-state index in [-0.39, 0.29) is 11.6 Å². The fourth-order valence-corrected chi connectivity index (χ4v) is 0.867. The largest absolute Gasteiger partial charge is 0.412 e. The maximum Gasteiger partial charge on any atom is 0.0512 e. The lowest BCUT2D eigenvalue weighted by Gasteiger charge is -2.01. The summed E-state index contributed by atoms with van der Waals surface area (Å²) in [6.45, 7) is 4.05. The summed E-state index contributed by atoms with van der Waals surface area (Å²) in [5.41, 5.74) is 0. The van der Waals surface area contributed by atoms with E-state index in [1.54, 1.807) is 0 Å². The van der Waals surface area contributed by atoms with E-state index in [9.17, 15) is 0 Å². The highest BCUT2D eigenvalue weighted by Gasteiger charge is 1.93. The first kappa shape index (κ1) is 12.6. The minimum absolute atomic E-state index is 0. The van der Waals surface area contributed by atoms with Crippen molar-refractivity contribution in [1.29, 1.82) is 0 Å². The van der Waals surface area contributed by atoms with Crippen molar-refractivity contribution in [2.45, 2.75) is 52.1 Å². The Morgan fingerprint density at radius 3 is 2.20 bits per heavy atom. The van der Waals surface area contributed by atoms with Crippen molar-refractivity contribution in [3.8, 4) is 0 Å². The second-order valence-corrected chi connectivity index (χ2v) is 2.70. The molecule has 0 spiro atoms. The molecular formula is C8H20O2. The molecule has 0 aliphatic heterocycles. The topological polar surface area (TPSA) is 51.7 Å². The van der Waals surface area contributed by atoms with Crippen molar-refractivity contribution >= 4 is 0 Å². The summed E-state index contributed by atoms with van der Waals surface area (Å²) < 4.78 is 0. The quantitative estimate of drug-likeness (QED) is 0.590. The number of rotatable bonds is 5. The Morgan fingerprint density at radius 1 is 1.20 bits per heavy atom. The summed E-state index contributed by atoms with van der Waals surface area (Å²) in [7, 11) is 0. The molecule has 10 heavy (non-hydrogen) atoms. The van der Waals surface area contributed by atoms with Gasteiger partial charge >= 0.3 is 0 Å². The van der Waals surface area contributed by atoms with E-state index in [0.717, 1.165) is 6.42 Å². The van der Waals surface area contributed by atoms with Crippen LogP contribution < -0.4 is 0 Å². The van der Waals surface area contributed by atoms with Crippen LogP contribution in [0.25, 0.3) is 0 Å². The van der Waals surface area contributed by atoms with Crippen molar-refractivity contribution in [3.05, 3.63) is 0 Å². The Hall–Kier alpha value is -0.0800. The van der Waals surface area contributed by atoms with Crippen molar-refractivity contribution in [3.63, 3.8) is 0 Å². The predicted octanol–water partition coefficient (Wildman–Crippen LogP) is 1.51. The van der Waals surface area contributed by atoms with Gasteiger partial charge in [-0.3, -0.25) is 0 Å². The molecule has 0 saturated heterocycles. The maximum absolute atomic E-state index is 8.85. The maximum atomic E-state index is 8.85. The van der Waals surface area contributed by atoms with Gasteiger partial charge in [-0.25, -0.2) is 0 Å². The Morgan fingerprint density at radius 2 is 1.80 bits per heavy atom. The molecule has 1 unspecified atom stereocenters. The summed E-state index contributed by atoms with van der Waals surface area (Å²) in [4.78, 5) is 0. The Kier molecular flexibility index (Phi) is 11.2. The van der Waals surface area contributed by atoms with Gasteiger partial charge in [0.05, 0.1) is 6.10 Å². The highest BCUT2D eigenvalue weighted by molar-refractivity contribution is 4.47. The number of hydrogen-bond acceptors (Lipinski definition) is 1. The highest BCUT2D eigenvalue weighted by Crippen LogP contribution is 2.04. The zero-order valence-corrected chi connectivity index (χ0v) is 7.06. The van der Waals surface area contributed by atoms with Crippen LogP contribution in [0.5, 0.6) is 0 Å². The molecule has 64 valence electrons. The minimum Gasteiger partial charge on any atom is -0.412 e. The molecule has 0 radical (unpaired) electrons. The fourth-order valence-electron chi connectivity index (χ4n) is 0.867. The molecule has 2 heteroatoms. The van der Waals surface area contributed by atoms with Crippen LogP contribution in [0, 0.1) is 0 Å². The summed E-state index contributed by atoms with van der Waals surface area (Å²) >= 11 is 0. The first-order valence-electron chi connectivity index (χ1n) is 3.95. The van der Waals surface area contributed by atoms with Gasteiger partial charge < -0.3 is 10.6 Å². The first-order valence-corrected chi connectivity index (χ1v) is 3.95. The van der Waals surface area contributed by atoms with E-state index in [1.807, 2.05) is 6.92 Å². The van der Waals surface area contributed by atoms with Gasteiger partial charge in [0.1, 0.15) is 0 Å². The number of unbranched alkanes of at least 4 members (excludes halogenated alkanes) is 3. The van der Waals surface area contributed by atoms with Crippen LogP contribution in [-0.4, -0.2) is 16.7 Å². The van der Waals surface area contributed by atoms with E-state index in [0.29, 0.717) is 0 Å². The van der Waals surface area contributed by atoms with Crippen LogP contribution in [0.1, 0.15) is 46.0 Å². The summed E-state index contributed by atoms with van der Waals surface area (Å²) in [5.74, 6) is 0. The lowest BCUT2D eigenvalue weighted by molar-refractivity contribution is 0.180. The third kappa shape index (κ3) is 10.8. The molecule has 0 saturated carbocycles. The number of aliphatic hydroxyl groups is 1. The first-order chi connectivity index (χ1) is 4.27. The normalized spacial score (nSPS) is 12.3. The zero-order chi connectivity index (χ0) is 7.11. The van der Waals surface area contributed by atoms with Gasteiger partial charge in [-0.05, 0) is 13.3 Å². The molecular weight excluding hydrogens is 128 g/mol. The van der Waals surface area contributed by atoms with Crippen LogP contribution in [0.4, 0.5) is 0 Å². The van der Waals surface area contributed by atoms with Gasteiger partial charge in [-0.2, -0.15) is 0 Å². The third-order valence-electron chi connectivity index (χ3n) is 1.48. The monoisotopic (exact) mass is 148 g/mol. The standard InChI is InChI=1S/C8H18O.H2O/c1-3-4-5-6-7-8(2)9;/h8-9H,3-7H2,1-2H3;1H2. The Balaban J connectivity index is 0. The number of aliphatic hydroxyl groups excluding tert-OH is 1. The summed E-state index contributed by atoms with van der Waals surface area (Å²) in [6, 6.07) is 0. The highest BCUT2D eigenvalue weighted by atomic mass is 16.3. The second-order valence-electron chi connectivity index (χ2n) is 2.70. The molecule has 1 atom stereocenters. The summed E-state index contributed by atoms with van der Waals surface area (Å²) in [5, 5.41) is 8.85.